The molecule has 1 amide bonds. The number of hydrogen-bond donors (Lipinski definition) is 1. The van der Waals surface area contributed by atoms with Crippen molar-refractivity contribution in [1.82, 2.24) is 10.2 Å². The van der Waals surface area contributed by atoms with Crippen LogP contribution in [0.1, 0.15) is 25.7 Å². The van der Waals surface area contributed by atoms with E-state index in [9.17, 15) is 4.79 Å². The van der Waals surface area contributed by atoms with Crippen molar-refractivity contribution in [2.24, 2.45) is 0 Å². The number of amides is 1. The highest BCUT2D eigenvalue weighted by molar-refractivity contribution is 5.77. The van der Waals surface area contributed by atoms with E-state index < -0.39 is 0 Å². The Hall–Kier alpha value is -0.570. The van der Waals surface area contributed by atoms with Crippen LogP contribution >= 0.6 is 0 Å². The van der Waals surface area contributed by atoms with Crippen LogP contribution in [0.4, 0.5) is 0 Å². The number of carbonyl (C=O) groups is 1. The van der Waals surface area contributed by atoms with Gasteiger partial charge in [-0.15, -0.1) is 0 Å². The lowest BCUT2D eigenvalue weighted by atomic mass is 10.2. The smallest absolute Gasteiger partial charge is 0.236 e. The molecule has 0 aromatic heterocycles. The summed E-state index contributed by atoms with van der Waals surface area (Å²) in [5.41, 5.74) is 0. The summed E-state index contributed by atoms with van der Waals surface area (Å²) >= 11 is 0. The molecule has 70 valence electrons. The van der Waals surface area contributed by atoms with E-state index in [1.165, 1.54) is 25.7 Å². The number of carbonyl (C=O) groups excluding carboxylic acids is 1. The van der Waals surface area contributed by atoms with Crippen molar-refractivity contribution in [3.05, 3.63) is 0 Å². The minimum absolute atomic E-state index is 0.168. The summed E-state index contributed by atoms with van der Waals surface area (Å²) < 4.78 is 0. The monoisotopic (exact) mass is 170 g/mol. The van der Waals surface area contributed by atoms with E-state index in [0.717, 1.165) is 0 Å². The lowest BCUT2D eigenvalue weighted by Gasteiger charge is -2.14. The summed E-state index contributed by atoms with van der Waals surface area (Å²) in [5, 5.41) is 3.27. The molecule has 0 atom stereocenters. The Bertz CT molecular complexity index is 151. The molecule has 0 aliphatic heterocycles. The largest absolute Gasteiger partial charge is 0.348 e. The second kappa shape index (κ2) is 4.45. The van der Waals surface area contributed by atoms with Gasteiger partial charge in [-0.25, -0.2) is 0 Å². The fourth-order valence-electron chi connectivity index (χ4n) is 1.52. The first kappa shape index (κ1) is 9.52. The quantitative estimate of drug-likeness (QED) is 0.673. The van der Waals surface area contributed by atoms with Gasteiger partial charge >= 0.3 is 0 Å². The van der Waals surface area contributed by atoms with Crippen LogP contribution < -0.4 is 5.32 Å². The number of nitrogens with zero attached hydrogens (tertiary/aromatic N) is 1. The predicted octanol–water partition coefficient (Wildman–Crippen LogP) is 0.607. The second-order valence-electron chi connectivity index (χ2n) is 3.65. The van der Waals surface area contributed by atoms with Crippen LogP contribution in [-0.2, 0) is 4.79 Å². The predicted molar refractivity (Wildman–Crippen MR) is 49.0 cm³/mol. The minimum atomic E-state index is 0.168. The first-order chi connectivity index (χ1) is 5.70. The topological polar surface area (TPSA) is 32.3 Å². The van der Waals surface area contributed by atoms with Crippen LogP contribution in [0, 0.1) is 0 Å². The average Bonchev–Trinajstić information content (AvgIpc) is 2.51. The maximum Gasteiger partial charge on any atom is 0.236 e. The first-order valence-electron chi connectivity index (χ1n) is 4.63. The van der Waals surface area contributed by atoms with Gasteiger partial charge in [0, 0.05) is 20.1 Å². The Balaban J connectivity index is 2.12. The Morgan fingerprint density at radius 2 is 2.00 bits per heavy atom. The van der Waals surface area contributed by atoms with Crippen LogP contribution in [-0.4, -0.2) is 37.5 Å². The van der Waals surface area contributed by atoms with Crippen LogP contribution in [0.3, 0.4) is 0 Å². The molecule has 3 nitrogen and oxygen atoms in total. The highest BCUT2D eigenvalue weighted by Crippen LogP contribution is 2.17. The van der Waals surface area contributed by atoms with Gasteiger partial charge in [-0.3, -0.25) is 4.79 Å². The van der Waals surface area contributed by atoms with Crippen LogP contribution in [0.2, 0.25) is 0 Å². The third-order valence-electron chi connectivity index (χ3n) is 2.40. The standard InChI is InChI=1S/C9H18N2O/c1-11(2)9(12)7-10-8-5-3-4-6-8/h8,10H,3-7H2,1-2H3. The lowest BCUT2D eigenvalue weighted by molar-refractivity contribution is -0.127. The molecule has 1 aliphatic carbocycles. The Morgan fingerprint density at radius 1 is 1.42 bits per heavy atom. The van der Waals surface area contributed by atoms with Crippen molar-refractivity contribution in [3.8, 4) is 0 Å². The van der Waals surface area contributed by atoms with E-state index in [1.54, 1.807) is 19.0 Å². The molecule has 1 N–H and O–H groups in total. The molecular weight excluding hydrogens is 152 g/mol. The third-order valence-corrected chi connectivity index (χ3v) is 2.40. The average molecular weight is 170 g/mol. The highest BCUT2D eigenvalue weighted by Gasteiger charge is 2.15. The van der Waals surface area contributed by atoms with Gasteiger partial charge in [0.25, 0.3) is 0 Å². The zero-order valence-electron chi connectivity index (χ0n) is 7.97. The molecule has 0 heterocycles. The zero-order valence-corrected chi connectivity index (χ0v) is 7.97. The van der Waals surface area contributed by atoms with Crippen molar-refractivity contribution in [3.63, 3.8) is 0 Å². The van der Waals surface area contributed by atoms with Crippen molar-refractivity contribution in [2.45, 2.75) is 31.7 Å². The number of rotatable bonds is 3. The summed E-state index contributed by atoms with van der Waals surface area (Å²) in [6, 6.07) is 0.592. The molecule has 0 spiro atoms. The Morgan fingerprint density at radius 3 is 2.50 bits per heavy atom. The third kappa shape index (κ3) is 2.81. The minimum Gasteiger partial charge on any atom is -0.348 e. The normalized spacial score (nSPS) is 18.2. The molecule has 3 heteroatoms. The summed E-state index contributed by atoms with van der Waals surface area (Å²) in [7, 11) is 3.58. The van der Waals surface area contributed by atoms with Crippen molar-refractivity contribution >= 4 is 5.91 Å². The number of hydrogen-bond acceptors (Lipinski definition) is 2. The van der Waals surface area contributed by atoms with E-state index >= 15 is 0 Å². The lowest BCUT2D eigenvalue weighted by Crippen LogP contribution is -2.37. The molecular formula is C9H18N2O. The molecule has 1 fully saturated rings. The molecule has 1 rings (SSSR count). The molecule has 0 saturated heterocycles. The van der Waals surface area contributed by atoms with E-state index in [4.69, 9.17) is 0 Å². The van der Waals surface area contributed by atoms with Gasteiger partial charge in [-0.1, -0.05) is 12.8 Å². The summed E-state index contributed by atoms with van der Waals surface area (Å²) in [6.45, 7) is 0.498. The molecule has 12 heavy (non-hydrogen) atoms. The number of likely N-dealkylation sites (N-methyl/N-ethyl adjacent to an activating group) is 1. The van der Waals surface area contributed by atoms with Gasteiger partial charge in [0.2, 0.25) is 5.91 Å². The maximum atomic E-state index is 11.2. The molecule has 0 radical (unpaired) electrons. The van der Waals surface area contributed by atoms with Crippen molar-refractivity contribution in [1.29, 1.82) is 0 Å². The molecule has 0 unspecified atom stereocenters. The first-order valence-corrected chi connectivity index (χ1v) is 4.63. The van der Waals surface area contributed by atoms with Crippen LogP contribution in [0.15, 0.2) is 0 Å². The van der Waals surface area contributed by atoms with Gasteiger partial charge in [0.1, 0.15) is 0 Å². The SMILES string of the molecule is CN(C)C(=O)CNC1CCCC1. The summed E-state index contributed by atoms with van der Waals surface area (Å²) in [4.78, 5) is 12.8. The van der Waals surface area contributed by atoms with Crippen molar-refractivity contribution in [2.75, 3.05) is 20.6 Å². The van der Waals surface area contributed by atoms with Crippen molar-refractivity contribution < 1.29 is 4.79 Å². The molecule has 1 saturated carbocycles. The van der Waals surface area contributed by atoms with Gasteiger partial charge in [0.15, 0.2) is 0 Å². The van der Waals surface area contributed by atoms with Gasteiger partial charge in [0.05, 0.1) is 6.54 Å². The van der Waals surface area contributed by atoms with Gasteiger partial charge in [-0.05, 0) is 12.8 Å². The van der Waals surface area contributed by atoms with Crippen LogP contribution in [0.5, 0.6) is 0 Å². The van der Waals surface area contributed by atoms with E-state index in [-0.39, 0.29) is 5.91 Å². The van der Waals surface area contributed by atoms with Crippen LogP contribution in [0.25, 0.3) is 0 Å². The summed E-state index contributed by atoms with van der Waals surface area (Å²) in [5.74, 6) is 0.168. The van der Waals surface area contributed by atoms with Gasteiger partial charge in [-0.2, -0.15) is 0 Å². The number of nitrogens with one attached hydrogen (secondary N) is 1. The molecule has 0 aromatic rings. The van der Waals surface area contributed by atoms with E-state index in [1.807, 2.05) is 0 Å². The summed E-state index contributed by atoms with van der Waals surface area (Å²) in [6.07, 6.45) is 5.10. The Labute approximate surface area is 74.1 Å². The maximum absolute atomic E-state index is 11.2. The highest BCUT2D eigenvalue weighted by atomic mass is 16.2. The fraction of sp³-hybridized carbons (Fsp3) is 0.889. The van der Waals surface area contributed by atoms with Gasteiger partial charge < -0.3 is 10.2 Å². The molecule has 0 aromatic carbocycles. The van der Waals surface area contributed by atoms with E-state index in [2.05, 4.69) is 5.32 Å². The van der Waals surface area contributed by atoms with E-state index in [0.29, 0.717) is 12.6 Å². The Kier molecular flexibility index (Phi) is 3.53. The molecule has 0 bridgehead atoms. The second-order valence-corrected chi connectivity index (χ2v) is 3.65. The zero-order chi connectivity index (χ0) is 8.97. The molecule has 1 aliphatic rings. The fourth-order valence-corrected chi connectivity index (χ4v) is 1.52.